The highest BCUT2D eigenvalue weighted by Gasteiger charge is 2.30. The van der Waals surface area contributed by atoms with Gasteiger partial charge in [-0.05, 0) is 24.6 Å². The van der Waals surface area contributed by atoms with E-state index in [1.807, 2.05) is 5.38 Å². The third-order valence-corrected chi connectivity index (χ3v) is 5.56. The van der Waals surface area contributed by atoms with Gasteiger partial charge in [0.2, 0.25) is 5.95 Å². The van der Waals surface area contributed by atoms with Crippen LogP contribution in [0, 0.1) is 0 Å². The first-order chi connectivity index (χ1) is 13.8. The highest BCUT2D eigenvalue weighted by molar-refractivity contribution is 7.09. The number of nitrogens with two attached hydrogens (primary N) is 1. The molecule has 3 aromatic heterocycles. The minimum atomic E-state index is -1.30. The third kappa shape index (κ3) is 3.22. The normalized spacial score (nSPS) is 13.4. The monoisotopic (exact) mass is 409 g/mol. The first kappa shape index (κ1) is 19.0. The average Bonchev–Trinajstić information content (AvgIpc) is 3.35. The number of amides is 1. The maximum absolute atomic E-state index is 12.7. The summed E-state index contributed by atoms with van der Waals surface area (Å²) in [5.41, 5.74) is 5.95. The Hall–Kier alpha value is -3.37. The zero-order valence-corrected chi connectivity index (χ0v) is 16.9. The molecule has 0 aliphatic heterocycles. The fraction of sp³-hybridized carbons (Fsp3) is 0.211. The van der Waals surface area contributed by atoms with Crippen LogP contribution >= 0.6 is 11.3 Å². The molecule has 0 unspecified atom stereocenters. The van der Waals surface area contributed by atoms with Crippen molar-refractivity contribution in [3.05, 3.63) is 58.3 Å². The van der Waals surface area contributed by atoms with E-state index >= 15 is 0 Å². The number of aromatic nitrogens is 5. The van der Waals surface area contributed by atoms with Crippen LogP contribution in [0.1, 0.15) is 28.0 Å². The lowest BCUT2D eigenvalue weighted by molar-refractivity contribution is 0.0823. The average molecular weight is 409 g/mol. The molecule has 1 amide bonds. The van der Waals surface area contributed by atoms with Crippen molar-refractivity contribution in [3.8, 4) is 5.82 Å². The van der Waals surface area contributed by atoms with E-state index < -0.39 is 5.60 Å². The molecule has 0 fully saturated rings. The summed E-state index contributed by atoms with van der Waals surface area (Å²) >= 11 is 1.37. The Balaban J connectivity index is 1.97. The van der Waals surface area contributed by atoms with Gasteiger partial charge in [0.05, 0.1) is 5.52 Å². The summed E-state index contributed by atoms with van der Waals surface area (Å²) < 4.78 is 1.53. The van der Waals surface area contributed by atoms with Crippen LogP contribution in [0.25, 0.3) is 16.7 Å². The summed E-state index contributed by atoms with van der Waals surface area (Å²) in [6.45, 7) is 1.68. The number of hydrogen-bond donors (Lipinski definition) is 2. The second kappa shape index (κ2) is 6.90. The Kier molecular flexibility index (Phi) is 4.52. The van der Waals surface area contributed by atoms with Crippen molar-refractivity contribution >= 4 is 34.1 Å². The van der Waals surface area contributed by atoms with Gasteiger partial charge in [0, 0.05) is 43.3 Å². The number of benzene rings is 1. The molecule has 0 radical (unpaired) electrons. The van der Waals surface area contributed by atoms with Crippen LogP contribution in [0.3, 0.4) is 0 Å². The summed E-state index contributed by atoms with van der Waals surface area (Å²) in [5, 5.41) is 18.6. The Morgan fingerprint density at radius 1 is 1.24 bits per heavy atom. The number of carbonyl (C=O) groups excluding carboxylic acids is 1. The summed E-state index contributed by atoms with van der Waals surface area (Å²) in [6, 6.07) is 6.99. The van der Waals surface area contributed by atoms with Gasteiger partial charge in [-0.2, -0.15) is 10.1 Å². The largest absolute Gasteiger partial charge is 0.378 e. The lowest BCUT2D eigenvalue weighted by Crippen LogP contribution is -2.23. The van der Waals surface area contributed by atoms with Crippen LogP contribution in [0.2, 0.25) is 0 Å². The Morgan fingerprint density at radius 3 is 2.69 bits per heavy atom. The molecule has 1 aromatic carbocycles. The number of aliphatic hydroxyl groups is 1. The molecule has 0 saturated carbocycles. The van der Waals surface area contributed by atoms with Gasteiger partial charge < -0.3 is 15.7 Å². The van der Waals surface area contributed by atoms with Gasteiger partial charge in [0.25, 0.3) is 5.91 Å². The van der Waals surface area contributed by atoms with E-state index in [4.69, 9.17) is 5.73 Å². The molecular weight excluding hydrogens is 390 g/mol. The first-order valence-corrected chi connectivity index (χ1v) is 9.63. The maximum Gasteiger partial charge on any atom is 0.274 e. The number of nitrogens with zero attached hydrogens (tertiary/aromatic N) is 6. The van der Waals surface area contributed by atoms with Crippen molar-refractivity contribution < 1.29 is 9.90 Å². The quantitative estimate of drug-likeness (QED) is 0.527. The number of rotatable bonds is 4. The van der Waals surface area contributed by atoms with Gasteiger partial charge >= 0.3 is 0 Å². The van der Waals surface area contributed by atoms with Crippen LogP contribution in [-0.2, 0) is 5.60 Å². The van der Waals surface area contributed by atoms with E-state index in [1.165, 1.54) is 27.1 Å². The second-order valence-electron chi connectivity index (χ2n) is 6.87. The predicted octanol–water partition coefficient (Wildman–Crippen LogP) is 1.81. The third-order valence-electron chi connectivity index (χ3n) is 4.58. The summed E-state index contributed by atoms with van der Waals surface area (Å²) in [7, 11) is 3.33. The van der Waals surface area contributed by atoms with Gasteiger partial charge in [-0.25, -0.2) is 14.6 Å². The molecular formula is C19H19N7O2S. The molecule has 4 aromatic rings. The smallest absolute Gasteiger partial charge is 0.274 e. The van der Waals surface area contributed by atoms with E-state index in [2.05, 4.69) is 20.1 Å². The second-order valence-corrected chi connectivity index (χ2v) is 7.77. The predicted molar refractivity (Wildman–Crippen MR) is 110 cm³/mol. The number of thiazole rings is 1. The van der Waals surface area contributed by atoms with Gasteiger partial charge in [-0.1, -0.05) is 6.07 Å². The zero-order valence-electron chi connectivity index (χ0n) is 16.1. The first-order valence-electron chi connectivity index (χ1n) is 8.75. The van der Waals surface area contributed by atoms with Crippen molar-refractivity contribution in [2.24, 2.45) is 0 Å². The molecule has 4 rings (SSSR count). The number of fused-ring (bicyclic) bond motifs is 1. The summed E-state index contributed by atoms with van der Waals surface area (Å²) in [4.78, 5) is 26.5. The fourth-order valence-corrected chi connectivity index (χ4v) is 3.75. The van der Waals surface area contributed by atoms with Gasteiger partial charge in [0.1, 0.15) is 10.6 Å². The van der Waals surface area contributed by atoms with Gasteiger partial charge in [-0.3, -0.25) is 4.79 Å². The van der Waals surface area contributed by atoms with E-state index in [9.17, 15) is 9.90 Å². The molecule has 0 spiro atoms. The van der Waals surface area contributed by atoms with Crippen molar-refractivity contribution in [1.82, 2.24) is 29.6 Å². The molecule has 148 valence electrons. The van der Waals surface area contributed by atoms with E-state index in [-0.39, 0.29) is 17.5 Å². The Bertz CT molecular complexity index is 1200. The molecule has 0 aliphatic rings. The number of nitrogen functional groups attached to an aromatic ring is 1. The molecule has 0 saturated heterocycles. The molecule has 0 aliphatic carbocycles. The number of hydrogen-bond acceptors (Lipinski definition) is 8. The van der Waals surface area contributed by atoms with Crippen LogP contribution in [0.15, 0.2) is 42.0 Å². The Morgan fingerprint density at radius 2 is 2.03 bits per heavy atom. The molecule has 1 atom stereocenters. The summed E-state index contributed by atoms with van der Waals surface area (Å²) in [6.07, 6.45) is 3.17. The molecule has 3 heterocycles. The number of anilines is 1. The molecule has 3 N–H and O–H groups in total. The summed E-state index contributed by atoms with van der Waals surface area (Å²) in [5.74, 6) is 0.277. The SMILES string of the molecule is CN(C)C(=O)c1nn(-c2ccnc(N)n2)c2cc([C@@](C)(O)c3nccs3)ccc12. The number of carbonyl (C=O) groups is 1. The van der Waals surface area contributed by atoms with E-state index in [0.717, 1.165) is 0 Å². The lowest BCUT2D eigenvalue weighted by atomic mass is 9.95. The topological polar surface area (TPSA) is 123 Å². The molecule has 10 heteroatoms. The fourth-order valence-electron chi connectivity index (χ4n) is 3.03. The van der Waals surface area contributed by atoms with E-state index in [1.54, 1.807) is 51.5 Å². The van der Waals surface area contributed by atoms with Crippen LogP contribution < -0.4 is 5.73 Å². The maximum atomic E-state index is 12.7. The van der Waals surface area contributed by atoms with Gasteiger partial charge in [0.15, 0.2) is 11.5 Å². The van der Waals surface area contributed by atoms with Gasteiger partial charge in [-0.15, -0.1) is 11.3 Å². The van der Waals surface area contributed by atoms with Crippen LogP contribution in [-0.4, -0.2) is 54.7 Å². The van der Waals surface area contributed by atoms with Crippen molar-refractivity contribution in [2.45, 2.75) is 12.5 Å². The van der Waals surface area contributed by atoms with Crippen molar-refractivity contribution in [1.29, 1.82) is 0 Å². The highest BCUT2D eigenvalue weighted by atomic mass is 32.1. The minimum absolute atomic E-state index is 0.0950. The minimum Gasteiger partial charge on any atom is -0.378 e. The standard InChI is InChI=1S/C19H19N7O2S/c1-19(28,17-21-8-9-29-17)11-4-5-12-13(10-11)26(14-6-7-22-18(20)23-14)24-15(12)16(27)25(2)3/h4-10,28H,1-3H3,(H2,20,22,23)/t19-/m1/s1. The highest BCUT2D eigenvalue weighted by Crippen LogP contribution is 2.33. The Labute approximate surface area is 170 Å². The molecule has 29 heavy (non-hydrogen) atoms. The zero-order chi connectivity index (χ0) is 20.8. The van der Waals surface area contributed by atoms with Crippen LogP contribution in [0.4, 0.5) is 5.95 Å². The van der Waals surface area contributed by atoms with Crippen LogP contribution in [0.5, 0.6) is 0 Å². The van der Waals surface area contributed by atoms with Crippen molar-refractivity contribution in [3.63, 3.8) is 0 Å². The lowest BCUT2D eigenvalue weighted by Gasteiger charge is -2.21. The van der Waals surface area contributed by atoms with E-state index in [0.29, 0.717) is 27.3 Å². The van der Waals surface area contributed by atoms with Crippen molar-refractivity contribution in [2.75, 3.05) is 19.8 Å². The molecule has 0 bridgehead atoms. The molecule has 9 nitrogen and oxygen atoms in total.